The lowest BCUT2D eigenvalue weighted by Gasteiger charge is -2.24. The summed E-state index contributed by atoms with van der Waals surface area (Å²) in [4.78, 5) is 15.9. The molecule has 1 heterocycles. The van der Waals surface area contributed by atoms with Crippen LogP contribution in [0.15, 0.2) is 12.1 Å². The number of rotatable bonds is 2. The molecule has 0 aromatic heterocycles. The monoisotopic (exact) mass is 292 g/mol. The average molecular weight is 292 g/mol. The topological polar surface area (TPSA) is 42.0 Å². The van der Waals surface area contributed by atoms with E-state index in [-0.39, 0.29) is 6.09 Å². The Bertz CT molecular complexity index is 547. The first-order valence-electron chi connectivity index (χ1n) is 7.06. The van der Waals surface area contributed by atoms with Gasteiger partial charge in [-0.2, -0.15) is 0 Å². The zero-order valence-corrected chi connectivity index (χ0v) is 13.7. The van der Waals surface area contributed by atoms with Gasteiger partial charge in [-0.05, 0) is 44.0 Å². The van der Waals surface area contributed by atoms with Gasteiger partial charge in [0.05, 0.1) is 12.8 Å². The maximum Gasteiger partial charge on any atom is 0.410 e. The van der Waals surface area contributed by atoms with Gasteiger partial charge in [-0.25, -0.2) is 4.79 Å². The van der Waals surface area contributed by atoms with Gasteiger partial charge < -0.3 is 14.4 Å². The van der Waals surface area contributed by atoms with E-state index in [1.807, 2.05) is 45.8 Å². The number of hydrogen-bond acceptors (Lipinski definition) is 4. The fraction of sp³-hybridized carbons (Fsp3) is 0.562. The van der Waals surface area contributed by atoms with E-state index in [9.17, 15) is 4.79 Å². The van der Waals surface area contributed by atoms with Crippen LogP contribution in [0.4, 0.5) is 10.5 Å². The second-order valence-electron chi connectivity index (χ2n) is 6.52. The molecule has 0 aliphatic carbocycles. The molecule has 0 N–H and O–H groups in total. The number of methoxy groups -OCH3 is 1. The summed E-state index contributed by atoms with van der Waals surface area (Å²) in [7, 11) is 5.62. The summed E-state index contributed by atoms with van der Waals surface area (Å²) in [6.07, 6.45) is -0.274. The van der Waals surface area contributed by atoms with E-state index in [1.165, 1.54) is 0 Å². The minimum absolute atomic E-state index is 0.274. The van der Waals surface area contributed by atoms with Gasteiger partial charge in [0.25, 0.3) is 0 Å². The van der Waals surface area contributed by atoms with Crippen molar-refractivity contribution in [3.63, 3.8) is 0 Å². The Hall–Kier alpha value is -1.91. The van der Waals surface area contributed by atoms with Crippen molar-refractivity contribution in [1.29, 1.82) is 0 Å². The molecule has 116 valence electrons. The smallest absolute Gasteiger partial charge is 0.410 e. The van der Waals surface area contributed by atoms with Crippen molar-refractivity contribution in [3.05, 3.63) is 23.3 Å². The summed E-state index contributed by atoms with van der Waals surface area (Å²) in [6.45, 7) is 6.77. The summed E-state index contributed by atoms with van der Waals surface area (Å²) in [5.74, 6) is 0.824. The van der Waals surface area contributed by atoms with Crippen LogP contribution in [0.25, 0.3) is 0 Å². The number of ether oxygens (including phenoxy) is 2. The number of anilines is 1. The van der Waals surface area contributed by atoms with E-state index in [0.29, 0.717) is 13.1 Å². The summed E-state index contributed by atoms with van der Waals surface area (Å²) >= 11 is 0. The van der Waals surface area contributed by atoms with E-state index >= 15 is 0 Å². The van der Waals surface area contributed by atoms with Crippen molar-refractivity contribution >= 4 is 11.8 Å². The Labute approximate surface area is 126 Å². The first kappa shape index (κ1) is 15.5. The third kappa shape index (κ3) is 3.40. The molecule has 1 aliphatic rings. The summed E-state index contributed by atoms with van der Waals surface area (Å²) in [5.41, 5.74) is 2.80. The molecule has 2 rings (SSSR count). The molecule has 5 nitrogen and oxygen atoms in total. The Kier molecular flexibility index (Phi) is 4.03. The van der Waals surface area contributed by atoms with Crippen LogP contribution in [0.3, 0.4) is 0 Å². The number of nitrogens with zero attached hydrogens (tertiary/aromatic N) is 2. The normalized spacial score (nSPS) is 13.9. The van der Waals surface area contributed by atoms with Crippen LogP contribution in [0.5, 0.6) is 5.75 Å². The van der Waals surface area contributed by atoms with Crippen LogP contribution >= 0.6 is 0 Å². The fourth-order valence-corrected chi connectivity index (χ4v) is 2.38. The third-order valence-electron chi connectivity index (χ3n) is 3.36. The zero-order chi connectivity index (χ0) is 15.8. The highest BCUT2D eigenvalue weighted by Crippen LogP contribution is 2.35. The summed E-state index contributed by atoms with van der Waals surface area (Å²) in [5, 5.41) is 0. The molecule has 0 bridgehead atoms. The summed E-state index contributed by atoms with van der Waals surface area (Å²) < 4.78 is 10.9. The highest BCUT2D eigenvalue weighted by molar-refractivity contribution is 5.70. The van der Waals surface area contributed by atoms with Gasteiger partial charge in [-0.1, -0.05) is 0 Å². The average Bonchev–Trinajstić information content (AvgIpc) is 2.77. The van der Waals surface area contributed by atoms with Crippen molar-refractivity contribution in [2.75, 3.05) is 26.1 Å². The van der Waals surface area contributed by atoms with Crippen molar-refractivity contribution in [1.82, 2.24) is 4.90 Å². The number of fused-ring (bicyclic) bond motifs is 1. The van der Waals surface area contributed by atoms with E-state index in [1.54, 1.807) is 12.0 Å². The largest absolute Gasteiger partial charge is 0.495 e. The molecule has 5 heteroatoms. The molecule has 0 fully saturated rings. The van der Waals surface area contributed by atoms with Gasteiger partial charge in [0.15, 0.2) is 0 Å². The van der Waals surface area contributed by atoms with Crippen LogP contribution in [-0.2, 0) is 17.8 Å². The maximum absolute atomic E-state index is 12.2. The Morgan fingerprint density at radius 1 is 1.19 bits per heavy atom. The molecule has 0 radical (unpaired) electrons. The van der Waals surface area contributed by atoms with E-state index in [0.717, 1.165) is 22.6 Å². The Morgan fingerprint density at radius 3 is 2.24 bits per heavy atom. The molecule has 0 saturated carbocycles. The molecule has 1 aromatic rings. The maximum atomic E-state index is 12.2. The first-order chi connectivity index (χ1) is 9.71. The number of carbonyl (C=O) groups is 1. The number of hydrogen-bond donors (Lipinski definition) is 0. The van der Waals surface area contributed by atoms with Crippen LogP contribution in [0.1, 0.15) is 31.9 Å². The molecular formula is C16H24N2O3. The predicted octanol–water partition coefficient (Wildman–Crippen LogP) is 3.01. The first-order valence-corrected chi connectivity index (χ1v) is 7.06. The van der Waals surface area contributed by atoms with Gasteiger partial charge in [-0.15, -0.1) is 0 Å². The highest BCUT2D eigenvalue weighted by Gasteiger charge is 2.29. The molecule has 1 aromatic carbocycles. The van der Waals surface area contributed by atoms with Crippen molar-refractivity contribution < 1.29 is 14.3 Å². The Morgan fingerprint density at radius 2 is 1.76 bits per heavy atom. The molecule has 0 atom stereocenters. The van der Waals surface area contributed by atoms with Crippen molar-refractivity contribution in [2.45, 2.75) is 39.5 Å². The highest BCUT2D eigenvalue weighted by atomic mass is 16.6. The van der Waals surface area contributed by atoms with Crippen LogP contribution in [0, 0.1) is 0 Å². The lowest BCUT2D eigenvalue weighted by atomic mass is 10.1. The fourth-order valence-electron chi connectivity index (χ4n) is 2.38. The second kappa shape index (κ2) is 5.47. The SMILES string of the molecule is COc1cc2c(cc1N(C)C)CN(C(=O)OC(C)(C)C)C2. The van der Waals surface area contributed by atoms with E-state index in [2.05, 4.69) is 6.07 Å². The van der Waals surface area contributed by atoms with Gasteiger partial charge in [-0.3, -0.25) is 4.90 Å². The number of benzene rings is 1. The summed E-state index contributed by atoms with van der Waals surface area (Å²) in [6, 6.07) is 4.09. The zero-order valence-electron chi connectivity index (χ0n) is 13.7. The molecule has 0 unspecified atom stereocenters. The third-order valence-corrected chi connectivity index (χ3v) is 3.36. The van der Waals surface area contributed by atoms with Crippen LogP contribution < -0.4 is 9.64 Å². The molecule has 21 heavy (non-hydrogen) atoms. The minimum Gasteiger partial charge on any atom is -0.495 e. The van der Waals surface area contributed by atoms with Gasteiger partial charge in [0.1, 0.15) is 11.4 Å². The number of amides is 1. The molecule has 0 spiro atoms. The van der Waals surface area contributed by atoms with Crippen LogP contribution in [-0.4, -0.2) is 37.8 Å². The number of carbonyl (C=O) groups excluding carboxylic acids is 1. The van der Waals surface area contributed by atoms with Crippen LogP contribution in [0.2, 0.25) is 0 Å². The lowest BCUT2D eigenvalue weighted by Crippen LogP contribution is -2.33. The van der Waals surface area contributed by atoms with E-state index < -0.39 is 5.60 Å². The molecule has 1 aliphatic heterocycles. The van der Waals surface area contributed by atoms with Crippen molar-refractivity contribution in [3.8, 4) is 5.75 Å². The van der Waals surface area contributed by atoms with E-state index in [4.69, 9.17) is 9.47 Å². The minimum atomic E-state index is -0.474. The second-order valence-corrected chi connectivity index (χ2v) is 6.52. The standard InChI is InChI=1S/C16H24N2O3/c1-16(2,3)21-15(19)18-9-11-7-13(17(4)5)14(20-6)8-12(11)10-18/h7-8H,9-10H2,1-6H3. The molecule has 0 saturated heterocycles. The molecular weight excluding hydrogens is 268 g/mol. The molecule has 1 amide bonds. The quantitative estimate of drug-likeness (QED) is 0.840. The van der Waals surface area contributed by atoms with Gasteiger partial charge >= 0.3 is 6.09 Å². The predicted molar refractivity (Wildman–Crippen MR) is 82.8 cm³/mol. The lowest BCUT2D eigenvalue weighted by molar-refractivity contribution is 0.0242. The van der Waals surface area contributed by atoms with Gasteiger partial charge in [0.2, 0.25) is 0 Å². The van der Waals surface area contributed by atoms with Gasteiger partial charge in [0, 0.05) is 27.2 Å². The Balaban J connectivity index is 2.21. The van der Waals surface area contributed by atoms with Crippen molar-refractivity contribution in [2.24, 2.45) is 0 Å².